The van der Waals surface area contributed by atoms with Gasteiger partial charge in [-0.2, -0.15) is 0 Å². The smallest absolute Gasteiger partial charge is 0.328 e. The molecule has 0 bridgehead atoms. The lowest BCUT2D eigenvalue weighted by molar-refractivity contribution is -0.145. The summed E-state index contributed by atoms with van der Waals surface area (Å²) < 4.78 is 9.93. The lowest BCUT2D eigenvalue weighted by Gasteiger charge is -2.23. The summed E-state index contributed by atoms with van der Waals surface area (Å²) in [6.07, 6.45) is 1.45. The van der Waals surface area contributed by atoms with Crippen molar-refractivity contribution in [1.82, 2.24) is 4.90 Å². The van der Waals surface area contributed by atoms with Gasteiger partial charge in [-0.15, -0.1) is 0 Å². The monoisotopic (exact) mass is 263 g/mol. The summed E-state index contributed by atoms with van der Waals surface area (Å²) in [4.78, 5) is 25.7. The molecule has 5 heteroatoms. The van der Waals surface area contributed by atoms with Crippen molar-refractivity contribution in [2.45, 2.75) is 18.9 Å². The lowest BCUT2D eigenvalue weighted by Crippen LogP contribution is -2.41. The minimum Gasteiger partial charge on any atom is -0.496 e. The van der Waals surface area contributed by atoms with E-state index in [1.165, 1.54) is 14.2 Å². The Bertz CT molecular complexity index is 486. The van der Waals surface area contributed by atoms with Gasteiger partial charge < -0.3 is 14.4 Å². The number of benzene rings is 1. The number of amides is 1. The average molecular weight is 263 g/mol. The van der Waals surface area contributed by atoms with Crippen molar-refractivity contribution in [2.24, 2.45) is 0 Å². The van der Waals surface area contributed by atoms with Gasteiger partial charge in [0.2, 0.25) is 0 Å². The molecule has 1 atom stereocenters. The second-order valence-electron chi connectivity index (χ2n) is 4.38. The fourth-order valence-electron chi connectivity index (χ4n) is 2.37. The molecule has 0 aromatic heterocycles. The third-order valence-corrected chi connectivity index (χ3v) is 3.32. The summed E-state index contributed by atoms with van der Waals surface area (Å²) in [5.41, 5.74) is 0.473. The molecule has 102 valence electrons. The van der Waals surface area contributed by atoms with Crippen LogP contribution in [0.15, 0.2) is 24.3 Å². The van der Waals surface area contributed by atoms with Crippen LogP contribution in [-0.2, 0) is 9.53 Å². The second-order valence-corrected chi connectivity index (χ2v) is 4.38. The standard InChI is InChI=1S/C14H17NO4/c1-18-12-8-4-3-6-10(12)13(16)15-9-5-7-11(15)14(17)19-2/h3-4,6,8,11H,5,7,9H2,1-2H3. The summed E-state index contributed by atoms with van der Waals surface area (Å²) in [6, 6.07) is 6.53. The zero-order valence-electron chi connectivity index (χ0n) is 11.1. The van der Waals surface area contributed by atoms with E-state index in [0.717, 1.165) is 6.42 Å². The van der Waals surface area contributed by atoms with Gasteiger partial charge in [-0.25, -0.2) is 4.79 Å². The average Bonchev–Trinajstić information content (AvgIpc) is 2.95. The van der Waals surface area contributed by atoms with Gasteiger partial charge in [-0.1, -0.05) is 12.1 Å². The quantitative estimate of drug-likeness (QED) is 0.775. The van der Waals surface area contributed by atoms with Crippen LogP contribution in [0.1, 0.15) is 23.2 Å². The fourth-order valence-corrected chi connectivity index (χ4v) is 2.37. The van der Waals surface area contributed by atoms with Crippen LogP contribution in [0.3, 0.4) is 0 Å². The molecule has 5 nitrogen and oxygen atoms in total. The molecule has 1 aromatic carbocycles. The first-order valence-corrected chi connectivity index (χ1v) is 6.21. The molecular formula is C14H17NO4. The predicted octanol–water partition coefficient (Wildman–Crippen LogP) is 1.47. The number of rotatable bonds is 3. The summed E-state index contributed by atoms with van der Waals surface area (Å²) in [5, 5.41) is 0. The van der Waals surface area contributed by atoms with E-state index >= 15 is 0 Å². The number of esters is 1. The molecule has 1 aliphatic heterocycles. The molecule has 0 saturated carbocycles. The molecule has 0 aliphatic carbocycles. The van der Waals surface area contributed by atoms with E-state index in [-0.39, 0.29) is 11.9 Å². The Morgan fingerprint density at radius 3 is 2.68 bits per heavy atom. The molecular weight excluding hydrogens is 246 g/mol. The maximum Gasteiger partial charge on any atom is 0.328 e. The summed E-state index contributed by atoms with van der Waals surface area (Å²) in [5.74, 6) is -0.0332. The third-order valence-electron chi connectivity index (χ3n) is 3.32. The molecule has 2 rings (SSSR count). The third kappa shape index (κ3) is 2.54. The van der Waals surface area contributed by atoms with Crippen molar-refractivity contribution < 1.29 is 19.1 Å². The van der Waals surface area contributed by atoms with Gasteiger partial charge in [0.15, 0.2) is 0 Å². The molecule has 1 amide bonds. The number of carbonyl (C=O) groups excluding carboxylic acids is 2. The van der Waals surface area contributed by atoms with Crippen molar-refractivity contribution in [2.75, 3.05) is 20.8 Å². The van der Waals surface area contributed by atoms with Crippen molar-refractivity contribution >= 4 is 11.9 Å². The van der Waals surface area contributed by atoms with Crippen LogP contribution < -0.4 is 4.74 Å². The number of ether oxygens (including phenoxy) is 2. The Morgan fingerprint density at radius 2 is 2.00 bits per heavy atom. The van der Waals surface area contributed by atoms with Crippen LogP contribution in [0.25, 0.3) is 0 Å². The predicted molar refractivity (Wildman–Crippen MR) is 69.1 cm³/mol. The Balaban J connectivity index is 2.26. The number of carbonyl (C=O) groups is 2. The first-order chi connectivity index (χ1) is 9.19. The van der Waals surface area contributed by atoms with E-state index in [2.05, 4.69) is 0 Å². The van der Waals surface area contributed by atoms with Crippen molar-refractivity contribution in [1.29, 1.82) is 0 Å². The van der Waals surface area contributed by atoms with Crippen LogP contribution in [0, 0.1) is 0 Å². The van der Waals surface area contributed by atoms with E-state index in [0.29, 0.717) is 24.3 Å². The Morgan fingerprint density at radius 1 is 1.26 bits per heavy atom. The van der Waals surface area contributed by atoms with Crippen molar-refractivity contribution in [3.8, 4) is 5.75 Å². The Labute approximate surface area is 112 Å². The van der Waals surface area contributed by atoms with Crippen molar-refractivity contribution in [3.05, 3.63) is 29.8 Å². The van der Waals surface area contributed by atoms with Crippen LogP contribution >= 0.6 is 0 Å². The molecule has 1 heterocycles. The van der Waals surface area contributed by atoms with Gasteiger partial charge in [-0.3, -0.25) is 4.79 Å². The lowest BCUT2D eigenvalue weighted by atomic mass is 10.1. The van der Waals surface area contributed by atoms with Gasteiger partial charge >= 0.3 is 5.97 Å². The van der Waals surface area contributed by atoms with Crippen LogP contribution in [0.4, 0.5) is 0 Å². The molecule has 1 aliphatic rings. The molecule has 0 spiro atoms. The second kappa shape index (κ2) is 5.73. The highest BCUT2D eigenvalue weighted by Crippen LogP contribution is 2.25. The maximum absolute atomic E-state index is 12.5. The van der Waals surface area contributed by atoms with E-state index in [4.69, 9.17) is 9.47 Å². The summed E-state index contributed by atoms with van der Waals surface area (Å²) >= 11 is 0. The van der Waals surface area contributed by atoms with Gasteiger partial charge in [0.1, 0.15) is 11.8 Å². The van der Waals surface area contributed by atoms with Gasteiger partial charge in [-0.05, 0) is 25.0 Å². The van der Waals surface area contributed by atoms with Gasteiger partial charge in [0.25, 0.3) is 5.91 Å². The van der Waals surface area contributed by atoms with E-state index in [1.807, 2.05) is 0 Å². The molecule has 0 radical (unpaired) electrons. The molecule has 1 fully saturated rings. The molecule has 19 heavy (non-hydrogen) atoms. The fraction of sp³-hybridized carbons (Fsp3) is 0.429. The molecule has 1 aromatic rings. The normalized spacial score (nSPS) is 18.2. The number of methoxy groups -OCH3 is 2. The highest BCUT2D eigenvalue weighted by molar-refractivity contribution is 5.99. The van der Waals surface area contributed by atoms with Crippen LogP contribution in [0.2, 0.25) is 0 Å². The molecule has 0 N–H and O–H groups in total. The Hall–Kier alpha value is -2.04. The highest BCUT2D eigenvalue weighted by Gasteiger charge is 2.36. The van der Waals surface area contributed by atoms with E-state index in [9.17, 15) is 9.59 Å². The minimum absolute atomic E-state index is 0.189. The number of hydrogen-bond acceptors (Lipinski definition) is 4. The number of para-hydroxylation sites is 1. The number of nitrogens with zero attached hydrogens (tertiary/aromatic N) is 1. The van der Waals surface area contributed by atoms with E-state index < -0.39 is 6.04 Å². The first kappa shape index (κ1) is 13.4. The molecule has 1 saturated heterocycles. The van der Waals surface area contributed by atoms with Gasteiger partial charge in [0, 0.05) is 6.54 Å². The maximum atomic E-state index is 12.5. The van der Waals surface area contributed by atoms with Gasteiger partial charge in [0.05, 0.1) is 19.8 Å². The number of likely N-dealkylation sites (tertiary alicyclic amines) is 1. The first-order valence-electron chi connectivity index (χ1n) is 6.21. The number of hydrogen-bond donors (Lipinski definition) is 0. The topological polar surface area (TPSA) is 55.8 Å². The minimum atomic E-state index is -0.484. The largest absolute Gasteiger partial charge is 0.496 e. The van der Waals surface area contributed by atoms with E-state index in [1.54, 1.807) is 29.2 Å². The summed E-state index contributed by atoms with van der Waals surface area (Å²) in [7, 11) is 2.86. The van der Waals surface area contributed by atoms with Crippen molar-refractivity contribution in [3.63, 3.8) is 0 Å². The highest BCUT2D eigenvalue weighted by atomic mass is 16.5. The van der Waals surface area contributed by atoms with Crippen LogP contribution in [0.5, 0.6) is 5.75 Å². The zero-order valence-corrected chi connectivity index (χ0v) is 11.1. The zero-order chi connectivity index (χ0) is 13.8. The molecule has 1 unspecified atom stereocenters. The Kier molecular flexibility index (Phi) is 4.04. The SMILES string of the molecule is COC(=O)C1CCCN1C(=O)c1ccccc1OC. The summed E-state index contributed by atoms with van der Waals surface area (Å²) in [6.45, 7) is 0.566. The van der Waals surface area contributed by atoms with Crippen LogP contribution in [-0.4, -0.2) is 43.6 Å².